The van der Waals surface area contributed by atoms with Crippen LogP contribution in [0.4, 0.5) is 0 Å². The highest BCUT2D eigenvalue weighted by Gasteiger charge is 1.94. The minimum Gasteiger partial charge on any atom is -0.388 e. The highest BCUT2D eigenvalue weighted by Crippen LogP contribution is 2.11. The van der Waals surface area contributed by atoms with Gasteiger partial charge in [-0.3, -0.25) is 0 Å². The van der Waals surface area contributed by atoms with Crippen molar-refractivity contribution in [2.45, 2.75) is 20.8 Å². The zero-order valence-corrected chi connectivity index (χ0v) is 10.7. The van der Waals surface area contributed by atoms with Crippen molar-refractivity contribution >= 4 is 10.9 Å². The van der Waals surface area contributed by atoms with Gasteiger partial charge in [0.25, 0.3) is 0 Å². The smallest absolute Gasteiger partial charge is 0.116 e. The van der Waals surface area contributed by atoms with E-state index in [1.165, 1.54) is 0 Å². The monoisotopic (exact) mass is 220 g/mol. The van der Waals surface area contributed by atoms with Crippen LogP contribution in [0.1, 0.15) is 19.5 Å². The van der Waals surface area contributed by atoms with E-state index in [1.807, 2.05) is 45.0 Å². The second kappa shape index (κ2) is 8.80. The topological polar surface area (TPSA) is 35.0 Å². The minimum atomic E-state index is 1.01. The summed E-state index contributed by atoms with van der Waals surface area (Å²) in [6.45, 7) is 5.99. The van der Waals surface area contributed by atoms with Gasteiger partial charge in [0.2, 0.25) is 0 Å². The molecule has 0 radical (unpaired) electrons. The largest absolute Gasteiger partial charge is 0.388 e. The molecule has 1 heterocycles. The molecule has 0 bridgehead atoms. The van der Waals surface area contributed by atoms with Crippen molar-refractivity contribution in [2.24, 2.45) is 0 Å². The molecule has 0 spiro atoms. The molecule has 88 valence electrons. The van der Waals surface area contributed by atoms with E-state index < -0.39 is 0 Å². The lowest BCUT2D eigenvalue weighted by molar-refractivity contribution is 0.277. The number of benzene rings is 1. The molecule has 0 amide bonds. The Morgan fingerprint density at radius 3 is 2.12 bits per heavy atom. The number of hydrogen-bond donors (Lipinski definition) is 0. The second-order valence-corrected chi connectivity index (χ2v) is 2.88. The Hall–Kier alpha value is -1.48. The summed E-state index contributed by atoms with van der Waals surface area (Å²) in [5.74, 6) is 0. The Kier molecular flexibility index (Phi) is 7.98. The van der Waals surface area contributed by atoms with Crippen molar-refractivity contribution in [3.63, 3.8) is 0 Å². The lowest BCUT2D eigenvalue weighted by Crippen LogP contribution is -1.85. The number of methoxy groups -OCH3 is 1. The lowest BCUT2D eigenvalue weighted by Gasteiger charge is -1.96. The van der Waals surface area contributed by atoms with E-state index in [1.54, 1.807) is 20.5 Å². The zero-order valence-electron chi connectivity index (χ0n) is 10.7. The molecule has 1 aromatic heterocycles. The molecule has 2 aromatic rings. The van der Waals surface area contributed by atoms with Crippen LogP contribution in [0, 0.1) is 6.92 Å². The number of rotatable bonds is 0. The number of ether oxygens (including phenoxy) is 1. The number of aromatic nitrogens is 2. The van der Waals surface area contributed by atoms with Gasteiger partial charge < -0.3 is 4.74 Å². The van der Waals surface area contributed by atoms with E-state index >= 15 is 0 Å². The van der Waals surface area contributed by atoms with Gasteiger partial charge in [0.15, 0.2) is 0 Å². The average Bonchev–Trinajstić information content (AvgIpc) is 2.33. The van der Waals surface area contributed by atoms with Crippen molar-refractivity contribution in [3.8, 4) is 0 Å². The molecule has 2 rings (SSSR count). The highest BCUT2D eigenvalue weighted by atomic mass is 16.4. The first-order valence-corrected chi connectivity index (χ1v) is 5.36. The Balaban J connectivity index is 0.000000394. The molecule has 0 unspecified atom stereocenters. The lowest BCUT2D eigenvalue weighted by atomic mass is 10.2. The van der Waals surface area contributed by atoms with Gasteiger partial charge in [-0.2, -0.15) is 0 Å². The van der Waals surface area contributed by atoms with Gasteiger partial charge in [-0.15, -0.1) is 0 Å². The van der Waals surface area contributed by atoms with E-state index in [4.69, 9.17) is 0 Å². The van der Waals surface area contributed by atoms with E-state index in [9.17, 15) is 0 Å². The van der Waals surface area contributed by atoms with Gasteiger partial charge in [-0.25, -0.2) is 9.97 Å². The third kappa shape index (κ3) is 4.36. The third-order valence-corrected chi connectivity index (χ3v) is 1.74. The van der Waals surface area contributed by atoms with E-state index in [2.05, 4.69) is 14.7 Å². The molecular weight excluding hydrogens is 200 g/mol. The molecule has 0 aliphatic rings. The molecule has 3 heteroatoms. The van der Waals surface area contributed by atoms with Gasteiger partial charge >= 0.3 is 0 Å². The van der Waals surface area contributed by atoms with Crippen LogP contribution in [0.2, 0.25) is 0 Å². The first kappa shape index (κ1) is 14.5. The van der Waals surface area contributed by atoms with Crippen LogP contribution in [-0.4, -0.2) is 24.2 Å². The van der Waals surface area contributed by atoms with Crippen LogP contribution in [-0.2, 0) is 4.74 Å². The SMILES string of the molecule is CC.COC.Cc1ncnc2ccccc12. The molecule has 16 heavy (non-hydrogen) atoms. The summed E-state index contributed by atoms with van der Waals surface area (Å²) in [6.07, 6.45) is 1.59. The van der Waals surface area contributed by atoms with Gasteiger partial charge in [-0.05, 0) is 13.0 Å². The number of nitrogens with zero attached hydrogens (tertiary/aromatic N) is 2. The molecule has 1 aromatic carbocycles. The van der Waals surface area contributed by atoms with Crippen LogP contribution >= 0.6 is 0 Å². The molecule has 0 saturated heterocycles. The van der Waals surface area contributed by atoms with Gasteiger partial charge in [0, 0.05) is 25.3 Å². The molecule has 0 fully saturated rings. The number of aryl methyl sites for hydroxylation is 1. The van der Waals surface area contributed by atoms with E-state index in [0.29, 0.717) is 0 Å². The summed E-state index contributed by atoms with van der Waals surface area (Å²) in [5, 5.41) is 1.13. The van der Waals surface area contributed by atoms with Crippen molar-refractivity contribution < 1.29 is 4.74 Å². The molecule has 3 nitrogen and oxygen atoms in total. The second-order valence-electron chi connectivity index (χ2n) is 2.88. The summed E-state index contributed by atoms with van der Waals surface area (Å²) in [4.78, 5) is 8.23. The predicted molar refractivity (Wildman–Crippen MR) is 68.6 cm³/mol. The molecule has 0 N–H and O–H groups in total. The maximum absolute atomic E-state index is 4.25. The van der Waals surface area contributed by atoms with Gasteiger partial charge in [0.05, 0.1) is 5.52 Å². The van der Waals surface area contributed by atoms with Gasteiger partial charge in [-0.1, -0.05) is 32.0 Å². The van der Waals surface area contributed by atoms with Crippen molar-refractivity contribution in [1.29, 1.82) is 0 Å². The summed E-state index contributed by atoms with van der Waals surface area (Å²) < 4.78 is 4.25. The van der Waals surface area contributed by atoms with Crippen LogP contribution in [0.5, 0.6) is 0 Å². The normalized spacial score (nSPS) is 8.56. The quantitative estimate of drug-likeness (QED) is 0.683. The van der Waals surface area contributed by atoms with Crippen LogP contribution in [0.15, 0.2) is 30.6 Å². The van der Waals surface area contributed by atoms with Crippen LogP contribution in [0.3, 0.4) is 0 Å². The molecule has 0 aliphatic carbocycles. The average molecular weight is 220 g/mol. The first-order valence-electron chi connectivity index (χ1n) is 5.36. The van der Waals surface area contributed by atoms with Crippen LogP contribution in [0.25, 0.3) is 10.9 Å². The van der Waals surface area contributed by atoms with Crippen LogP contribution < -0.4 is 0 Å². The standard InChI is InChI=1S/C9H8N2.C2H6O.C2H6/c1-7-8-4-2-3-5-9(8)11-6-10-7;1-3-2;1-2/h2-6H,1H3;1-2H3;1-2H3. The highest BCUT2D eigenvalue weighted by molar-refractivity contribution is 5.80. The summed E-state index contributed by atoms with van der Waals surface area (Å²) in [5.41, 5.74) is 2.05. The first-order chi connectivity index (χ1) is 7.79. The summed E-state index contributed by atoms with van der Waals surface area (Å²) in [6, 6.07) is 8.00. The Bertz CT molecular complexity index is 397. The van der Waals surface area contributed by atoms with Crippen molar-refractivity contribution in [2.75, 3.05) is 14.2 Å². The van der Waals surface area contributed by atoms with Crippen molar-refractivity contribution in [1.82, 2.24) is 9.97 Å². The Morgan fingerprint density at radius 2 is 1.56 bits per heavy atom. The summed E-state index contributed by atoms with van der Waals surface area (Å²) >= 11 is 0. The minimum absolute atomic E-state index is 1.01. The zero-order chi connectivity index (χ0) is 12.4. The maximum Gasteiger partial charge on any atom is 0.116 e. The fourth-order valence-corrected chi connectivity index (χ4v) is 1.14. The molecule has 0 aliphatic heterocycles. The van der Waals surface area contributed by atoms with Gasteiger partial charge in [0.1, 0.15) is 6.33 Å². The molecule has 0 atom stereocenters. The molecular formula is C13H20N2O. The Morgan fingerprint density at radius 1 is 1.00 bits per heavy atom. The Labute approximate surface area is 97.5 Å². The maximum atomic E-state index is 4.25. The fourth-order valence-electron chi connectivity index (χ4n) is 1.14. The number of fused-ring (bicyclic) bond motifs is 1. The fraction of sp³-hybridized carbons (Fsp3) is 0.385. The predicted octanol–water partition coefficient (Wildman–Crippen LogP) is 3.23. The van der Waals surface area contributed by atoms with E-state index in [-0.39, 0.29) is 0 Å². The number of para-hydroxylation sites is 1. The third-order valence-electron chi connectivity index (χ3n) is 1.74. The molecule has 0 saturated carbocycles. The van der Waals surface area contributed by atoms with Crippen molar-refractivity contribution in [3.05, 3.63) is 36.3 Å². The number of hydrogen-bond acceptors (Lipinski definition) is 3. The summed E-state index contributed by atoms with van der Waals surface area (Å²) in [7, 11) is 3.25. The van der Waals surface area contributed by atoms with E-state index in [0.717, 1.165) is 16.6 Å².